The topological polar surface area (TPSA) is 12.9 Å². The standard InChI is InChI=1S/C33H33NS/c1-21-16-22(2)32(23(3)17-21)26-12-13-27-28-10-7-11-29(33(28)35-31(27)20-26)30-19-25(14-15-34-30)18-24-8-5-4-6-9-24/h7,10-17,19-20,24H,4-6,8-9,18H2,1-3H3/i18D2. The van der Waals surface area contributed by atoms with Gasteiger partial charge in [0.25, 0.3) is 0 Å². The Kier molecular flexibility index (Phi) is 5.35. The fourth-order valence-electron chi connectivity index (χ4n) is 5.94. The van der Waals surface area contributed by atoms with Crippen molar-refractivity contribution in [2.45, 2.75) is 59.2 Å². The third-order valence-corrected chi connectivity index (χ3v) is 8.68. The molecule has 1 aliphatic rings. The molecule has 0 unspecified atom stereocenters. The van der Waals surface area contributed by atoms with Crippen LogP contribution in [-0.2, 0) is 6.37 Å². The van der Waals surface area contributed by atoms with Crippen LogP contribution in [0.4, 0.5) is 0 Å². The molecular formula is C33H33NS. The van der Waals surface area contributed by atoms with Crippen LogP contribution in [0.1, 0.15) is 57.1 Å². The number of rotatable bonds is 4. The van der Waals surface area contributed by atoms with Gasteiger partial charge in [-0.2, -0.15) is 0 Å². The summed E-state index contributed by atoms with van der Waals surface area (Å²) in [5.74, 6) is 0.0868. The summed E-state index contributed by atoms with van der Waals surface area (Å²) in [5, 5.41) is 2.51. The molecule has 5 aromatic rings. The van der Waals surface area contributed by atoms with E-state index in [1.807, 2.05) is 23.5 Å². The molecule has 1 nitrogen and oxygen atoms in total. The summed E-state index contributed by atoms with van der Waals surface area (Å²) in [6.07, 6.45) is 5.90. The van der Waals surface area contributed by atoms with Crippen molar-refractivity contribution in [3.63, 3.8) is 0 Å². The fourth-order valence-corrected chi connectivity index (χ4v) is 7.21. The molecule has 1 fully saturated rings. The summed E-state index contributed by atoms with van der Waals surface area (Å²) in [5.41, 5.74) is 9.22. The van der Waals surface area contributed by atoms with E-state index < -0.39 is 6.37 Å². The largest absolute Gasteiger partial charge is 0.256 e. The van der Waals surface area contributed by atoms with Crippen LogP contribution in [0.15, 0.2) is 66.9 Å². The van der Waals surface area contributed by atoms with Gasteiger partial charge in [-0.05, 0) is 79.1 Å². The third kappa shape index (κ3) is 4.29. The van der Waals surface area contributed by atoms with Gasteiger partial charge in [-0.1, -0.05) is 80.1 Å². The third-order valence-electron chi connectivity index (χ3n) is 7.48. The first kappa shape index (κ1) is 20.2. The highest BCUT2D eigenvalue weighted by Gasteiger charge is 2.16. The lowest BCUT2D eigenvalue weighted by atomic mass is 9.85. The molecule has 0 aliphatic heterocycles. The summed E-state index contributed by atoms with van der Waals surface area (Å²) in [4.78, 5) is 4.73. The van der Waals surface area contributed by atoms with E-state index in [2.05, 4.69) is 69.3 Å². The normalized spacial score (nSPS) is 16.0. The van der Waals surface area contributed by atoms with Crippen molar-refractivity contribution in [2.75, 3.05) is 0 Å². The smallest absolute Gasteiger partial charge is 0.0719 e. The Morgan fingerprint density at radius 1 is 0.886 bits per heavy atom. The quantitative estimate of drug-likeness (QED) is 0.251. The van der Waals surface area contributed by atoms with Crippen LogP contribution in [0.3, 0.4) is 0 Å². The Morgan fingerprint density at radius 3 is 2.49 bits per heavy atom. The second-order valence-corrected chi connectivity index (χ2v) is 11.2. The van der Waals surface area contributed by atoms with Crippen molar-refractivity contribution in [1.82, 2.24) is 4.98 Å². The number of benzene rings is 3. The highest BCUT2D eigenvalue weighted by molar-refractivity contribution is 7.26. The minimum absolute atomic E-state index is 0.0868. The van der Waals surface area contributed by atoms with E-state index in [-0.39, 0.29) is 5.92 Å². The van der Waals surface area contributed by atoms with Gasteiger partial charge < -0.3 is 0 Å². The molecule has 176 valence electrons. The van der Waals surface area contributed by atoms with Crippen molar-refractivity contribution in [3.05, 3.63) is 89.1 Å². The molecule has 0 N–H and O–H groups in total. The van der Waals surface area contributed by atoms with Gasteiger partial charge in [-0.3, -0.25) is 4.98 Å². The zero-order valence-electron chi connectivity index (χ0n) is 22.8. The van der Waals surface area contributed by atoms with Gasteiger partial charge in [0, 0.05) is 34.7 Å². The van der Waals surface area contributed by atoms with Crippen LogP contribution in [0.25, 0.3) is 42.6 Å². The Morgan fingerprint density at radius 2 is 1.69 bits per heavy atom. The first-order valence-electron chi connectivity index (χ1n) is 13.8. The zero-order valence-corrected chi connectivity index (χ0v) is 21.6. The molecule has 0 saturated heterocycles. The lowest BCUT2D eigenvalue weighted by Gasteiger charge is -2.21. The van der Waals surface area contributed by atoms with Crippen LogP contribution in [0, 0.1) is 26.7 Å². The van der Waals surface area contributed by atoms with Gasteiger partial charge in [0.05, 0.1) is 5.69 Å². The van der Waals surface area contributed by atoms with Gasteiger partial charge in [-0.15, -0.1) is 11.3 Å². The number of pyridine rings is 1. The maximum atomic E-state index is 8.97. The molecule has 2 heterocycles. The first-order chi connectivity index (χ1) is 17.8. The summed E-state index contributed by atoms with van der Waals surface area (Å²) in [7, 11) is 0. The van der Waals surface area contributed by atoms with Gasteiger partial charge in [0.1, 0.15) is 0 Å². The Labute approximate surface area is 215 Å². The van der Waals surface area contributed by atoms with E-state index in [1.54, 1.807) is 6.20 Å². The number of nitrogens with zero attached hydrogens (tertiary/aromatic N) is 1. The average molecular weight is 478 g/mol. The van der Waals surface area contributed by atoms with Crippen molar-refractivity contribution < 1.29 is 2.74 Å². The predicted octanol–water partition coefficient (Wildman–Crippen LogP) is 9.83. The predicted molar refractivity (Wildman–Crippen MR) is 152 cm³/mol. The Hall–Kier alpha value is -2.97. The average Bonchev–Trinajstić information content (AvgIpc) is 3.27. The van der Waals surface area contributed by atoms with Crippen molar-refractivity contribution in [2.24, 2.45) is 5.92 Å². The number of fused-ring (bicyclic) bond motifs is 3. The van der Waals surface area contributed by atoms with Crippen LogP contribution in [0.5, 0.6) is 0 Å². The Bertz CT molecular complexity index is 1600. The van der Waals surface area contributed by atoms with Crippen molar-refractivity contribution in [1.29, 1.82) is 0 Å². The lowest BCUT2D eigenvalue weighted by molar-refractivity contribution is 0.356. The van der Waals surface area contributed by atoms with Gasteiger partial charge >= 0.3 is 0 Å². The zero-order chi connectivity index (χ0) is 25.7. The highest BCUT2D eigenvalue weighted by Crippen LogP contribution is 2.42. The van der Waals surface area contributed by atoms with Crippen LogP contribution >= 0.6 is 11.3 Å². The summed E-state index contributed by atoms with van der Waals surface area (Å²) >= 11 is 1.81. The molecule has 3 aromatic carbocycles. The number of aryl methyl sites for hydroxylation is 3. The van der Waals surface area contributed by atoms with Crippen molar-refractivity contribution >= 4 is 31.5 Å². The maximum absolute atomic E-state index is 8.97. The first-order valence-corrected chi connectivity index (χ1v) is 13.6. The van der Waals surface area contributed by atoms with Crippen LogP contribution in [-0.4, -0.2) is 4.98 Å². The molecule has 0 spiro atoms. The van der Waals surface area contributed by atoms with E-state index in [4.69, 9.17) is 7.73 Å². The minimum atomic E-state index is -1.33. The molecule has 0 bridgehead atoms. The SMILES string of the molecule is [2H]C([2H])(c1ccnc(-c2cccc3c2sc2cc(-c4c(C)cc(C)cc4C)ccc23)c1)C1CCCCC1. The van der Waals surface area contributed by atoms with E-state index in [9.17, 15) is 0 Å². The van der Waals surface area contributed by atoms with Crippen molar-refractivity contribution in [3.8, 4) is 22.4 Å². The molecular weight excluding hydrogens is 442 g/mol. The number of hydrogen-bond acceptors (Lipinski definition) is 2. The highest BCUT2D eigenvalue weighted by atomic mass is 32.1. The monoisotopic (exact) mass is 477 g/mol. The molecule has 0 atom stereocenters. The number of thiophene rings is 1. The van der Waals surface area contributed by atoms with E-state index in [0.29, 0.717) is 0 Å². The molecule has 0 radical (unpaired) electrons. The lowest BCUT2D eigenvalue weighted by Crippen LogP contribution is -2.09. The molecule has 6 rings (SSSR count). The van der Waals surface area contributed by atoms with Crippen LogP contribution in [0.2, 0.25) is 0 Å². The Balaban J connectivity index is 1.45. The number of hydrogen-bond donors (Lipinski definition) is 0. The molecule has 2 aromatic heterocycles. The molecule has 2 heteroatoms. The van der Waals surface area contributed by atoms with E-state index in [0.717, 1.165) is 42.5 Å². The summed E-state index contributed by atoms with van der Waals surface area (Å²) < 4.78 is 20.4. The summed E-state index contributed by atoms with van der Waals surface area (Å²) in [6.45, 7) is 6.56. The van der Waals surface area contributed by atoms with Crippen LogP contribution < -0.4 is 0 Å². The van der Waals surface area contributed by atoms with Gasteiger partial charge in [-0.25, -0.2) is 0 Å². The minimum Gasteiger partial charge on any atom is -0.256 e. The molecule has 0 amide bonds. The second-order valence-electron chi connectivity index (χ2n) is 10.2. The van der Waals surface area contributed by atoms with E-state index >= 15 is 0 Å². The van der Waals surface area contributed by atoms with E-state index in [1.165, 1.54) is 54.4 Å². The fraction of sp³-hybridized carbons (Fsp3) is 0.303. The molecule has 1 saturated carbocycles. The molecule has 1 aliphatic carbocycles. The summed E-state index contributed by atoms with van der Waals surface area (Å²) in [6, 6.07) is 21.7. The number of aromatic nitrogens is 1. The molecule has 35 heavy (non-hydrogen) atoms. The van der Waals surface area contributed by atoms with Gasteiger partial charge in [0.2, 0.25) is 0 Å². The maximum Gasteiger partial charge on any atom is 0.0719 e. The second kappa shape index (κ2) is 9.24. The van der Waals surface area contributed by atoms with Gasteiger partial charge in [0.15, 0.2) is 0 Å².